The van der Waals surface area contributed by atoms with Gasteiger partial charge in [0.2, 0.25) is 0 Å². The van der Waals surface area contributed by atoms with Gasteiger partial charge >= 0.3 is 5.97 Å². The van der Waals surface area contributed by atoms with Crippen LogP contribution >= 0.6 is 0 Å². The molecule has 1 N–H and O–H groups in total. The molecule has 0 radical (unpaired) electrons. The lowest BCUT2D eigenvalue weighted by Gasteiger charge is -2.17. The van der Waals surface area contributed by atoms with Crippen molar-refractivity contribution < 1.29 is 9.53 Å². The van der Waals surface area contributed by atoms with Crippen LogP contribution in [0.5, 0.6) is 0 Å². The van der Waals surface area contributed by atoms with E-state index in [1.807, 2.05) is 7.05 Å². The molecule has 1 aromatic carbocycles. The molecule has 98 valence electrons. The van der Waals surface area contributed by atoms with E-state index in [9.17, 15) is 4.79 Å². The molecule has 0 aliphatic carbocycles. The summed E-state index contributed by atoms with van der Waals surface area (Å²) in [7, 11) is 5.42. The zero-order chi connectivity index (χ0) is 13.7. The van der Waals surface area contributed by atoms with Crippen molar-refractivity contribution in [2.24, 2.45) is 0 Å². The lowest BCUT2D eigenvalue weighted by atomic mass is 9.84. The molecule has 1 rings (SSSR count). The molecule has 1 atom stereocenters. The average Bonchev–Trinajstić information content (AvgIpc) is 2.34. The van der Waals surface area contributed by atoms with Crippen LogP contribution in [0.3, 0.4) is 0 Å². The number of hydrogen-bond acceptors (Lipinski definition) is 3. The predicted molar refractivity (Wildman–Crippen MR) is 77.3 cm³/mol. The molecule has 0 bridgehead atoms. The number of benzene rings is 1. The van der Waals surface area contributed by atoms with Crippen LogP contribution in [0, 0.1) is 13.8 Å². The number of hydrogen-bond donors (Lipinski definition) is 1. The van der Waals surface area contributed by atoms with E-state index in [0.29, 0.717) is 6.42 Å². The number of nitrogens with one attached hydrogen (secondary N) is 1. The third-order valence-electron chi connectivity index (χ3n) is 3.47. The zero-order valence-electron chi connectivity index (χ0n) is 12.0. The van der Waals surface area contributed by atoms with Crippen molar-refractivity contribution in [1.29, 1.82) is 0 Å². The first-order chi connectivity index (χ1) is 8.47. The second kappa shape index (κ2) is 6.59. The summed E-state index contributed by atoms with van der Waals surface area (Å²) in [5, 5.41) is 3.18. The SMILES string of the molecule is Bc1cc(C)c(C)cc1C[C@@H](CC(=O)OC)NC. The fraction of sp³-hybridized carbons (Fsp3) is 0.500. The first kappa shape index (κ1) is 14.8. The topological polar surface area (TPSA) is 38.3 Å². The van der Waals surface area contributed by atoms with Crippen LogP contribution in [-0.4, -0.2) is 34.0 Å². The average molecular weight is 247 g/mol. The molecule has 0 saturated carbocycles. The highest BCUT2D eigenvalue weighted by molar-refractivity contribution is 6.33. The van der Waals surface area contributed by atoms with Crippen LogP contribution in [0.25, 0.3) is 0 Å². The molecule has 0 saturated heterocycles. The standard InChI is InChI=1S/C14H22BNO2/c1-9-5-11(13(15)6-10(9)2)7-12(16-3)8-14(17)18-4/h5-6,12,16H,7-8,15H2,1-4H3/t12-/m0/s1. The molecular formula is C14H22BNO2. The van der Waals surface area contributed by atoms with E-state index in [-0.39, 0.29) is 12.0 Å². The highest BCUT2D eigenvalue weighted by atomic mass is 16.5. The van der Waals surface area contributed by atoms with Crippen molar-refractivity contribution in [2.45, 2.75) is 32.7 Å². The van der Waals surface area contributed by atoms with Gasteiger partial charge < -0.3 is 10.1 Å². The van der Waals surface area contributed by atoms with E-state index in [1.54, 1.807) is 0 Å². The Balaban J connectivity index is 2.81. The second-order valence-electron chi connectivity index (χ2n) is 4.83. The molecule has 1 aromatic rings. The molecule has 18 heavy (non-hydrogen) atoms. The minimum Gasteiger partial charge on any atom is -0.469 e. The van der Waals surface area contributed by atoms with E-state index >= 15 is 0 Å². The highest BCUT2D eigenvalue weighted by Crippen LogP contribution is 2.10. The summed E-state index contributed by atoms with van der Waals surface area (Å²) in [5.41, 5.74) is 5.18. The molecule has 0 unspecified atom stereocenters. The van der Waals surface area contributed by atoms with E-state index in [0.717, 1.165) is 6.42 Å². The second-order valence-corrected chi connectivity index (χ2v) is 4.83. The van der Waals surface area contributed by atoms with E-state index in [2.05, 4.69) is 39.1 Å². The summed E-state index contributed by atoms with van der Waals surface area (Å²) in [6.07, 6.45) is 1.25. The van der Waals surface area contributed by atoms with Crippen LogP contribution in [0.1, 0.15) is 23.1 Å². The number of ether oxygens (including phenoxy) is 1. The number of likely N-dealkylation sites (N-methyl/N-ethyl adjacent to an activating group) is 1. The Kier molecular flexibility index (Phi) is 5.41. The Morgan fingerprint density at radius 2 is 2.00 bits per heavy atom. The van der Waals surface area contributed by atoms with Crippen molar-refractivity contribution in [3.05, 3.63) is 28.8 Å². The van der Waals surface area contributed by atoms with Crippen LogP contribution in [-0.2, 0) is 16.0 Å². The number of aryl methyl sites for hydroxylation is 2. The van der Waals surface area contributed by atoms with Gasteiger partial charge in [-0.2, -0.15) is 0 Å². The smallest absolute Gasteiger partial charge is 0.307 e. The minimum atomic E-state index is -0.171. The molecule has 0 heterocycles. The summed E-state index contributed by atoms with van der Waals surface area (Å²) < 4.78 is 4.71. The van der Waals surface area contributed by atoms with Crippen molar-refractivity contribution >= 4 is 19.3 Å². The Labute approximate surface area is 110 Å². The Morgan fingerprint density at radius 1 is 1.39 bits per heavy atom. The van der Waals surface area contributed by atoms with Crippen LogP contribution in [0.15, 0.2) is 12.1 Å². The van der Waals surface area contributed by atoms with Gasteiger partial charge in [-0.15, -0.1) is 0 Å². The van der Waals surface area contributed by atoms with Gasteiger partial charge in [-0.1, -0.05) is 23.2 Å². The summed E-state index contributed by atoms with van der Waals surface area (Å²) in [4.78, 5) is 11.3. The number of carbonyl (C=O) groups is 1. The summed E-state index contributed by atoms with van der Waals surface area (Å²) in [6, 6.07) is 4.54. The Morgan fingerprint density at radius 3 is 2.56 bits per heavy atom. The van der Waals surface area contributed by atoms with Gasteiger partial charge in [0.1, 0.15) is 7.85 Å². The normalized spacial score (nSPS) is 12.2. The van der Waals surface area contributed by atoms with Crippen LogP contribution in [0.2, 0.25) is 0 Å². The number of methoxy groups -OCH3 is 1. The molecule has 4 heteroatoms. The summed E-state index contributed by atoms with van der Waals surface area (Å²) in [5.74, 6) is -0.171. The number of rotatable bonds is 5. The molecule has 0 amide bonds. The number of carbonyl (C=O) groups excluding carboxylic acids is 1. The van der Waals surface area contributed by atoms with Crippen LogP contribution in [0.4, 0.5) is 0 Å². The highest BCUT2D eigenvalue weighted by Gasteiger charge is 2.14. The number of esters is 1. The fourth-order valence-corrected chi connectivity index (χ4v) is 2.07. The summed E-state index contributed by atoms with van der Waals surface area (Å²) in [6.45, 7) is 4.24. The lowest BCUT2D eigenvalue weighted by Crippen LogP contribution is -2.32. The molecular weight excluding hydrogens is 225 g/mol. The van der Waals surface area contributed by atoms with Gasteiger partial charge in [0.05, 0.1) is 13.5 Å². The third-order valence-corrected chi connectivity index (χ3v) is 3.47. The fourth-order valence-electron chi connectivity index (χ4n) is 2.07. The maximum Gasteiger partial charge on any atom is 0.307 e. The largest absolute Gasteiger partial charge is 0.469 e. The molecule has 3 nitrogen and oxygen atoms in total. The van der Waals surface area contributed by atoms with Gasteiger partial charge in [0.15, 0.2) is 0 Å². The van der Waals surface area contributed by atoms with Gasteiger partial charge in [-0.3, -0.25) is 4.79 Å². The molecule has 0 aliphatic heterocycles. The molecule has 0 aliphatic rings. The monoisotopic (exact) mass is 247 g/mol. The predicted octanol–water partition coefficient (Wildman–Crippen LogP) is 0.255. The molecule has 0 aromatic heterocycles. The van der Waals surface area contributed by atoms with Gasteiger partial charge in [0, 0.05) is 6.04 Å². The first-order valence-electron chi connectivity index (χ1n) is 6.28. The third kappa shape index (κ3) is 3.88. The molecule has 0 spiro atoms. The summed E-state index contributed by atoms with van der Waals surface area (Å²) >= 11 is 0. The molecule has 0 fully saturated rings. The van der Waals surface area contributed by atoms with Crippen molar-refractivity contribution in [3.8, 4) is 0 Å². The van der Waals surface area contributed by atoms with Gasteiger partial charge in [0.25, 0.3) is 0 Å². The lowest BCUT2D eigenvalue weighted by molar-refractivity contribution is -0.141. The minimum absolute atomic E-state index is 0.123. The van der Waals surface area contributed by atoms with E-state index in [1.165, 1.54) is 29.3 Å². The van der Waals surface area contributed by atoms with Crippen LogP contribution < -0.4 is 10.8 Å². The quantitative estimate of drug-likeness (QED) is 0.599. The van der Waals surface area contributed by atoms with Crippen molar-refractivity contribution in [3.63, 3.8) is 0 Å². The maximum atomic E-state index is 11.3. The Bertz CT molecular complexity index is 432. The maximum absolute atomic E-state index is 11.3. The van der Waals surface area contributed by atoms with E-state index in [4.69, 9.17) is 4.74 Å². The van der Waals surface area contributed by atoms with Gasteiger partial charge in [-0.05, 0) is 38.4 Å². The van der Waals surface area contributed by atoms with Crippen molar-refractivity contribution in [2.75, 3.05) is 14.2 Å². The first-order valence-corrected chi connectivity index (χ1v) is 6.28. The van der Waals surface area contributed by atoms with Gasteiger partial charge in [-0.25, -0.2) is 0 Å². The Hall–Kier alpha value is -1.29. The van der Waals surface area contributed by atoms with E-state index < -0.39 is 0 Å². The van der Waals surface area contributed by atoms with Crippen molar-refractivity contribution in [1.82, 2.24) is 5.32 Å². The zero-order valence-corrected chi connectivity index (χ0v) is 12.0.